The molecule has 0 aliphatic carbocycles. The number of benzene rings is 2. The Bertz CT molecular complexity index is 1230. The molecule has 0 saturated heterocycles. The van der Waals surface area contributed by atoms with Gasteiger partial charge in [0.15, 0.2) is 10.8 Å². The molecule has 0 unspecified atom stereocenters. The van der Waals surface area contributed by atoms with Crippen molar-refractivity contribution in [3.05, 3.63) is 76.4 Å². The summed E-state index contributed by atoms with van der Waals surface area (Å²) in [5.41, 5.74) is 3.08. The minimum Gasteiger partial charge on any atom is -0.497 e. The number of aryl methyl sites for hydroxylation is 1. The highest BCUT2D eigenvalue weighted by molar-refractivity contribution is 7.14. The number of rotatable bonds is 5. The van der Waals surface area contributed by atoms with Gasteiger partial charge in [0, 0.05) is 23.9 Å². The molecule has 0 spiro atoms. The summed E-state index contributed by atoms with van der Waals surface area (Å²) in [6.07, 6.45) is 1.55. The van der Waals surface area contributed by atoms with Crippen LogP contribution in [-0.2, 0) is 14.3 Å². The smallest absolute Gasteiger partial charge is 0.363 e. The van der Waals surface area contributed by atoms with Crippen molar-refractivity contribution in [1.29, 1.82) is 0 Å². The molecule has 2 aromatic carbocycles. The van der Waals surface area contributed by atoms with E-state index in [0.29, 0.717) is 22.3 Å². The van der Waals surface area contributed by atoms with E-state index in [1.165, 1.54) is 23.2 Å². The SMILES string of the molecule is COc1cccc(N(C(C)=O)c2nc(/C=C3\N=C(c4cccc(C)c4)OC3=O)cs2)c1. The maximum Gasteiger partial charge on any atom is 0.363 e. The molecule has 1 aliphatic heterocycles. The van der Waals surface area contributed by atoms with Gasteiger partial charge >= 0.3 is 5.97 Å². The fourth-order valence-corrected chi connectivity index (χ4v) is 3.92. The summed E-state index contributed by atoms with van der Waals surface area (Å²) in [6, 6.07) is 14.7. The molecule has 0 bridgehead atoms. The van der Waals surface area contributed by atoms with Gasteiger partial charge in [0.1, 0.15) is 5.75 Å². The molecule has 0 atom stereocenters. The van der Waals surface area contributed by atoms with E-state index in [9.17, 15) is 9.59 Å². The Morgan fingerprint density at radius 1 is 1.19 bits per heavy atom. The number of aromatic nitrogens is 1. The molecule has 1 amide bonds. The van der Waals surface area contributed by atoms with E-state index in [-0.39, 0.29) is 17.5 Å². The van der Waals surface area contributed by atoms with Crippen LogP contribution in [0, 0.1) is 6.92 Å². The van der Waals surface area contributed by atoms with Gasteiger partial charge in [0.25, 0.3) is 0 Å². The van der Waals surface area contributed by atoms with Crippen molar-refractivity contribution in [2.45, 2.75) is 13.8 Å². The number of hydrogen-bond donors (Lipinski definition) is 0. The van der Waals surface area contributed by atoms with Crippen LogP contribution in [0.3, 0.4) is 0 Å². The predicted octanol–water partition coefficient (Wildman–Crippen LogP) is 4.49. The lowest BCUT2D eigenvalue weighted by atomic mass is 10.1. The maximum absolute atomic E-state index is 12.3. The van der Waals surface area contributed by atoms with Crippen LogP contribution >= 0.6 is 11.3 Å². The van der Waals surface area contributed by atoms with Gasteiger partial charge in [0.05, 0.1) is 18.5 Å². The summed E-state index contributed by atoms with van der Waals surface area (Å²) in [5.74, 6) is 0.163. The molecule has 8 heteroatoms. The maximum atomic E-state index is 12.3. The van der Waals surface area contributed by atoms with Crippen LogP contribution in [0.15, 0.2) is 64.6 Å². The molecule has 7 nitrogen and oxygen atoms in total. The van der Waals surface area contributed by atoms with Gasteiger partial charge in [-0.1, -0.05) is 23.8 Å². The number of anilines is 2. The molecule has 0 fully saturated rings. The number of aliphatic imine (C=N–C) groups is 1. The number of thiazole rings is 1. The van der Waals surface area contributed by atoms with Crippen LogP contribution < -0.4 is 9.64 Å². The summed E-state index contributed by atoms with van der Waals surface area (Å²) < 4.78 is 10.6. The highest BCUT2D eigenvalue weighted by Gasteiger charge is 2.25. The third kappa shape index (κ3) is 4.39. The van der Waals surface area contributed by atoms with Crippen molar-refractivity contribution >= 4 is 46.0 Å². The number of nitrogens with zero attached hydrogens (tertiary/aromatic N) is 3. The summed E-state index contributed by atoms with van der Waals surface area (Å²) in [6.45, 7) is 3.42. The third-order valence-corrected chi connectivity index (χ3v) is 5.34. The molecule has 4 rings (SSSR count). The summed E-state index contributed by atoms with van der Waals surface area (Å²) in [5, 5.41) is 2.23. The van der Waals surface area contributed by atoms with Crippen LogP contribution in [0.25, 0.3) is 6.08 Å². The standard InChI is InChI=1S/C23H19N3O4S/c1-14-6-4-7-16(10-14)21-25-20(22(28)30-21)11-17-13-31-23(24-17)26(15(2)27)18-8-5-9-19(12-18)29-3/h4-13H,1-3H3/b20-11-. The van der Waals surface area contributed by atoms with Gasteiger partial charge in [-0.2, -0.15) is 0 Å². The molecular formula is C23H19N3O4S. The van der Waals surface area contributed by atoms with Gasteiger partial charge in [-0.3, -0.25) is 9.69 Å². The lowest BCUT2D eigenvalue weighted by molar-refractivity contribution is -0.130. The Morgan fingerprint density at radius 2 is 2.00 bits per heavy atom. The van der Waals surface area contributed by atoms with Crippen molar-refractivity contribution in [3.63, 3.8) is 0 Å². The Labute approximate surface area is 183 Å². The zero-order chi connectivity index (χ0) is 22.0. The Kier molecular flexibility index (Phi) is 5.64. The van der Waals surface area contributed by atoms with E-state index in [1.54, 1.807) is 42.8 Å². The second kappa shape index (κ2) is 8.53. The molecule has 3 aromatic rings. The molecule has 1 aromatic heterocycles. The van der Waals surface area contributed by atoms with Gasteiger partial charge in [-0.15, -0.1) is 11.3 Å². The quantitative estimate of drug-likeness (QED) is 0.437. The Hall–Kier alpha value is -3.78. The fraction of sp³-hybridized carbons (Fsp3) is 0.130. The van der Waals surface area contributed by atoms with Crippen LogP contribution in [0.5, 0.6) is 5.75 Å². The number of ether oxygens (including phenoxy) is 2. The van der Waals surface area contributed by atoms with Crippen molar-refractivity contribution in [3.8, 4) is 5.75 Å². The number of methoxy groups -OCH3 is 1. The molecule has 2 heterocycles. The highest BCUT2D eigenvalue weighted by Crippen LogP contribution is 2.32. The van der Waals surface area contributed by atoms with Crippen molar-refractivity contribution in [2.24, 2.45) is 4.99 Å². The number of carbonyl (C=O) groups excluding carboxylic acids is 2. The van der Waals surface area contributed by atoms with Gasteiger partial charge in [-0.05, 0) is 37.3 Å². The average molecular weight is 433 g/mol. The van der Waals surface area contributed by atoms with Crippen molar-refractivity contribution in [1.82, 2.24) is 4.98 Å². The van der Waals surface area contributed by atoms with E-state index in [2.05, 4.69) is 9.98 Å². The molecule has 156 valence electrons. The number of esters is 1. The molecule has 1 aliphatic rings. The Morgan fingerprint density at radius 3 is 2.74 bits per heavy atom. The van der Waals surface area contributed by atoms with Crippen molar-refractivity contribution in [2.75, 3.05) is 12.0 Å². The first-order chi connectivity index (χ1) is 14.9. The normalized spacial score (nSPS) is 14.4. The highest BCUT2D eigenvalue weighted by atomic mass is 32.1. The second-order valence-electron chi connectivity index (χ2n) is 6.82. The first-order valence-corrected chi connectivity index (χ1v) is 10.3. The molecule has 0 N–H and O–H groups in total. The van der Waals surface area contributed by atoms with E-state index < -0.39 is 5.97 Å². The Balaban J connectivity index is 1.64. The monoisotopic (exact) mass is 433 g/mol. The topological polar surface area (TPSA) is 81.1 Å². The van der Waals surface area contributed by atoms with Crippen LogP contribution in [0.4, 0.5) is 10.8 Å². The van der Waals surface area contributed by atoms with E-state index in [0.717, 1.165) is 11.1 Å². The number of cyclic esters (lactones) is 1. The first-order valence-electron chi connectivity index (χ1n) is 9.44. The van der Waals surface area contributed by atoms with E-state index >= 15 is 0 Å². The van der Waals surface area contributed by atoms with E-state index in [4.69, 9.17) is 9.47 Å². The minimum atomic E-state index is -0.540. The van der Waals surface area contributed by atoms with Crippen LogP contribution in [0.1, 0.15) is 23.7 Å². The first kappa shape index (κ1) is 20.5. The number of hydrogen-bond acceptors (Lipinski definition) is 7. The van der Waals surface area contributed by atoms with Gasteiger partial charge in [-0.25, -0.2) is 14.8 Å². The lowest BCUT2D eigenvalue weighted by Crippen LogP contribution is -2.22. The average Bonchev–Trinajstić information content (AvgIpc) is 3.35. The zero-order valence-electron chi connectivity index (χ0n) is 17.2. The molecule has 0 saturated carbocycles. The molecule has 0 radical (unpaired) electrons. The fourth-order valence-electron chi connectivity index (χ4n) is 3.07. The largest absolute Gasteiger partial charge is 0.497 e. The van der Waals surface area contributed by atoms with Gasteiger partial charge < -0.3 is 9.47 Å². The summed E-state index contributed by atoms with van der Waals surface area (Å²) in [4.78, 5) is 34.9. The van der Waals surface area contributed by atoms with Gasteiger partial charge in [0.2, 0.25) is 11.8 Å². The summed E-state index contributed by atoms with van der Waals surface area (Å²) in [7, 11) is 1.57. The minimum absolute atomic E-state index is 0.157. The van der Waals surface area contributed by atoms with Crippen molar-refractivity contribution < 1.29 is 19.1 Å². The van der Waals surface area contributed by atoms with Crippen LogP contribution in [-0.4, -0.2) is 29.9 Å². The number of amides is 1. The second-order valence-corrected chi connectivity index (χ2v) is 7.65. The molecular weight excluding hydrogens is 414 g/mol. The zero-order valence-corrected chi connectivity index (χ0v) is 18.0. The summed E-state index contributed by atoms with van der Waals surface area (Å²) >= 11 is 1.29. The number of carbonyl (C=O) groups is 2. The van der Waals surface area contributed by atoms with Crippen LogP contribution in [0.2, 0.25) is 0 Å². The molecule has 31 heavy (non-hydrogen) atoms. The lowest BCUT2D eigenvalue weighted by Gasteiger charge is -2.18. The predicted molar refractivity (Wildman–Crippen MR) is 120 cm³/mol. The third-order valence-electron chi connectivity index (χ3n) is 4.50. The van der Waals surface area contributed by atoms with E-state index in [1.807, 2.05) is 31.2 Å².